The Morgan fingerprint density at radius 3 is 1.90 bits per heavy atom. The minimum atomic E-state index is -1.22. The molecule has 40 heavy (non-hydrogen) atoms. The van der Waals surface area contributed by atoms with Gasteiger partial charge in [0.2, 0.25) is 0 Å². The van der Waals surface area contributed by atoms with Gasteiger partial charge in [-0.25, -0.2) is 0 Å². The lowest BCUT2D eigenvalue weighted by atomic mass is 9.88. The summed E-state index contributed by atoms with van der Waals surface area (Å²) >= 11 is 3.70. The third-order valence-corrected chi connectivity index (χ3v) is 7.63. The van der Waals surface area contributed by atoms with Gasteiger partial charge in [-0.05, 0) is 47.6 Å². The summed E-state index contributed by atoms with van der Waals surface area (Å²) in [7, 11) is 0. The van der Waals surface area contributed by atoms with E-state index >= 15 is 0 Å². The average molecular weight is 620 g/mol. The highest BCUT2D eigenvalue weighted by atomic mass is 79.9. The maximum absolute atomic E-state index is 12.2. The molecule has 0 unspecified atom stereocenters. The van der Waals surface area contributed by atoms with Crippen LogP contribution in [0.3, 0.4) is 0 Å². The monoisotopic (exact) mass is 618 g/mol. The zero-order valence-electron chi connectivity index (χ0n) is 23.5. The molecule has 1 aliphatic rings. The van der Waals surface area contributed by atoms with Crippen molar-refractivity contribution in [2.24, 2.45) is 0 Å². The first-order chi connectivity index (χ1) is 18.9. The molecule has 0 saturated carbocycles. The number of hydrogen-bond donors (Lipinski definition) is 0. The minimum absolute atomic E-state index is 0.277. The molecular formula is C30H35BrO9. The van der Waals surface area contributed by atoms with Crippen molar-refractivity contribution in [2.45, 2.75) is 84.9 Å². The fourth-order valence-electron chi connectivity index (χ4n) is 4.78. The number of carbonyl (C=O) groups excluding carboxylic acids is 4. The Bertz CT molecular complexity index is 1240. The summed E-state index contributed by atoms with van der Waals surface area (Å²) in [6.07, 6.45) is -3.97. The molecule has 0 bridgehead atoms. The number of ether oxygens (including phenoxy) is 5. The summed E-state index contributed by atoms with van der Waals surface area (Å²) in [6, 6.07) is 12.2. The van der Waals surface area contributed by atoms with Crippen LogP contribution in [0.25, 0.3) is 0 Å². The number of esters is 4. The Labute approximate surface area is 242 Å². The molecule has 0 aliphatic carbocycles. The molecule has 216 valence electrons. The standard InChI is InChI=1S/C30H35BrO9/c1-7-21-8-10-22(11-9-21)13-23-14-24(12-16(2)26(23)31)27-29(38-19(5)34)30(39-20(6)35)28(37-18(4)33)25(40-27)15-36-17(3)32/h8-12,14,25,27-30H,7,13,15H2,1-6H3/t25-,27+,28-,29+,30+/m1/s1. The number of carbonyl (C=O) groups is 4. The third kappa shape index (κ3) is 8.14. The van der Waals surface area contributed by atoms with Crippen molar-refractivity contribution >= 4 is 39.8 Å². The van der Waals surface area contributed by atoms with Gasteiger partial charge in [0.05, 0.1) is 0 Å². The molecule has 2 aromatic carbocycles. The lowest BCUT2D eigenvalue weighted by Gasteiger charge is -2.44. The Hall–Kier alpha value is -3.24. The van der Waals surface area contributed by atoms with Crippen molar-refractivity contribution < 1.29 is 42.9 Å². The Morgan fingerprint density at radius 2 is 1.35 bits per heavy atom. The van der Waals surface area contributed by atoms with E-state index in [2.05, 4.69) is 47.1 Å². The van der Waals surface area contributed by atoms with E-state index < -0.39 is 54.4 Å². The molecule has 1 aliphatic heterocycles. The van der Waals surface area contributed by atoms with Crippen LogP contribution in [-0.2, 0) is 55.7 Å². The van der Waals surface area contributed by atoms with Crippen LogP contribution in [0.5, 0.6) is 0 Å². The SMILES string of the molecule is CCc1ccc(Cc2cc([C@@H]3O[C@H](COC(C)=O)[C@@H](OC(C)=O)[C@H](OC(C)=O)[C@H]3OC(C)=O)cc(C)c2Br)cc1. The molecule has 10 heteroatoms. The highest BCUT2D eigenvalue weighted by Gasteiger charge is 2.52. The number of hydrogen-bond acceptors (Lipinski definition) is 9. The fraction of sp³-hybridized carbons (Fsp3) is 0.467. The van der Waals surface area contributed by atoms with Crippen molar-refractivity contribution in [3.63, 3.8) is 0 Å². The van der Waals surface area contributed by atoms with Crippen LogP contribution in [0, 0.1) is 6.92 Å². The van der Waals surface area contributed by atoms with Gasteiger partial charge in [0.15, 0.2) is 18.3 Å². The molecule has 0 spiro atoms. The second-order valence-electron chi connectivity index (χ2n) is 9.78. The summed E-state index contributed by atoms with van der Waals surface area (Å²) in [5, 5.41) is 0. The van der Waals surface area contributed by atoms with E-state index in [0.29, 0.717) is 12.0 Å². The van der Waals surface area contributed by atoms with Crippen LogP contribution in [-0.4, -0.2) is 54.9 Å². The molecule has 5 atom stereocenters. The maximum Gasteiger partial charge on any atom is 0.303 e. The maximum atomic E-state index is 12.2. The number of aryl methyl sites for hydroxylation is 2. The van der Waals surface area contributed by atoms with Gasteiger partial charge in [0.1, 0.15) is 18.8 Å². The lowest BCUT2D eigenvalue weighted by molar-refractivity contribution is -0.254. The molecule has 1 heterocycles. The normalized spacial score (nSPS) is 22.2. The minimum Gasteiger partial charge on any atom is -0.463 e. The van der Waals surface area contributed by atoms with Crippen molar-refractivity contribution in [1.29, 1.82) is 0 Å². The lowest BCUT2D eigenvalue weighted by Crippen LogP contribution is -2.59. The van der Waals surface area contributed by atoms with E-state index in [-0.39, 0.29) is 6.61 Å². The number of benzene rings is 2. The summed E-state index contributed by atoms with van der Waals surface area (Å²) in [5.41, 5.74) is 4.87. The first-order valence-corrected chi connectivity index (χ1v) is 13.9. The summed E-state index contributed by atoms with van der Waals surface area (Å²) in [6.45, 7) is 8.62. The average Bonchev–Trinajstić information content (AvgIpc) is 2.87. The zero-order valence-corrected chi connectivity index (χ0v) is 25.1. The second kappa shape index (κ2) is 13.9. The van der Waals surface area contributed by atoms with Crippen molar-refractivity contribution in [1.82, 2.24) is 0 Å². The van der Waals surface area contributed by atoms with Crippen molar-refractivity contribution in [3.8, 4) is 0 Å². The van der Waals surface area contributed by atoms with Gasteiger partial charge in [0, 0.05) is 32.2 Å². The van der Waals surface area contributed by atoms with E-state index in [0.717, 1.165) is 27.6 Å². The highest BCUT2D eigenvalue weighted by molar-refractivity contribution is 9.10. The number of halogens is 1. The largest absolute Gasteiger partial charge is 0.463 e. The predicted molar refractivity (Wildman–Crippen MR) is 148 cm³/mol. The fourth-order valence-corrected chi connectivity index (χ4v) is 5.14. The predicted octanol–water partition coefficient (Wildman–Crippen LogP) is 4.71. The summed E-state index contributed by atoms with van der Waals surface area (Å²) in [4.78, 5) is 48.0. The topological polar surface area (TPSA) is 114 Å². The quantitative estimate of drug-likeness (QED) is 0.291. The van der Waals surface area contributed by atoms with E-state index in [4.69, 9.17) is 23.7 Å². The van der Waals surface area contributed by atoms with Crippen molar-refractivity contribution in [2.75, 3.05) is 6.61 Å². The van der Waals surface area contributed by atoms with Gasteiger partial charge in [-0.3, -0.25) is 19.2 Å². The molecule has 1 fully saturated rings. The molecule has 0 aromatic heterocycles. The van der Waals surface area contributed by atoms with Crippen LogP contribution in [0.1, 0.15) is 68.5 Å². The van der Waals surface area contributed by atoms with E-state index in [9.17, 15) is 19.2 Å². The van der Waals surface area contributed by atoms with Gasteiger partial charge in [0.25, 0.3) is 0 Å². The first-order valence-electron chi connectivity index (χ1n) is 13.1. The zero-order chi connectivity index (χ0) is 29.6. The van der Waals surface area contributed by atoms with Crippen LogP contribution in [0.2, 0.25) is 0 Å². The Kier molecular flexibility index (Phi) is 10.9. The summed E-state index contributed by atoms with van der Waals surface area (Å²) < 4.78 is 29.2. The van der Waals surface area contributed by atoms with E-state index in [1.165, 1.54) is 33.3 Å². The third-order valence-electron chi connectivity index (χ3n) is 6.50. The van der Waals surface area contributed by atoms with Gasteiger partial charge in [-0.1, -0.05) is 59.3 Å². The smallest absolute Gasteiger partial charge is 0.303 e. The van der Waals surface area contributed by atoms with Gasteiger partial charge in [-0.15, -0.1) is 0 Å². The van der Waals surface area contributed by atoms with Gasteiger partial charge >= 0.3 is 23.9 Å². The molecule has 2 aromatic rings. The van der Waals surface area contributed by atoms with Gasteiger partial charge < -0.3 is 23.7 Å². The molecular weight excluding hydrogens is 584 g/mol. The molecule has 3 rings (SSSR count). The van der Waals surface area contributed by atoms with Crippen LogP contribution in [0.4, 0.5) is 0 Å². The second-order valence-corrected chi connectivity index (χ2v) is 10.6. The van der Waals surface area contributed by atoms with E-state index in [1.807, 2.05) is 19.1 Å². The molecule has 0 N–H and O–H groups in total. The molecule has 0 radical (unpaired) electrons. The molecule has 1 saturated heterocycles. The molecule has 9 nitrogen and oxygen atoms in total. The summed E-state index contributed by atoms with van der Waals surface area (Å²) in [5.74, 6) is -2.55. The molecule has 0 amide bonds. The van der Waals surface area contributed by atoms with Crippen LogP contribution < -0.4 is 0 Å². The van der Waals surface area contributed by atoms with E-state index in [1.54, 1.807) is 0 Å². The first kappa shape index (κ1) is 31.3. The highest BCUT2D eigenvalue weighted by Crippen LogP contribution is 2.39. The Morgan fingerprint density at radius 1 is 0.800 bits per heavy atom. The Balaban J connectivity index is 2.10. The van der Waals surface area contributed by atoms with Crippen molar-refractivity contribution in [3.05, 3.63) is 68.7 Å². The van der Waals surface area contributed by atoms with Crippen LogP contribution >= 0.6 is 15.9 Å². The number of rotatable bonds is 9. The van der Waals surface area contributed by atoms with Gasteiger partial charge in [-0.2, -0.15) is 0 Å². The van der Waals surface area contributed by atoms with Crippen LogP contribution in [0.15, 0.2) is 40.9 Å².